The molecule has 1 aromatic heterocycles. The fraction of sp³-hybridized carbons (Fsp3) is 0.630. The van der Waals surface area contributed by atoms with Gasteiger partial charge in [-0.15, -0.1) is 0 Å². The summed E-state index contributed by atoms with van der Waals surface area (Å²) in [5, 5.41) is 5.77. The van der Waals surface area contributed by atoms with Crippen molar-refractivity contribution < 1.29 is 13.9 Å². The fourth-order valence-corrected chi connectivity index (χ4v) is 6.16. The van der Waals surface area contributed by atoms with Crippen LogP contribution in [0.1, 0.15) is 70.3 Å². The van der Waals surface area contributed by atoms with Crippen LogP contribution in [0.15, 0.2) is 24.4 Å². The maximum Gasteiger partial charge on any atom is 0.230 e. The van der Waals surface area contributed by atoms with Gasteiger partial charge in [0.15, 0.2) is 0 Å². The monoisotopic (exact) mass is 487 g/mol. The molecule has 1 saturated carbocycles. The number of carbonyl (C=O) groups excluding carboxylic acids is 1. The largest absolute Gasteiger partial charge is 0.375 e. The number of ether oxygens (including phenoxy) is 1. The van der Waals surface area contributed by atoms with Crippen LogP contribution in [0.25, 0.3) is 10.8 Å². The number of benzene rings is 1. The molecule has 3 aliphatic rings. The number of aromatic nitrogens is 1. The van der Waals surface area contributed by atoms with Gasteiger partial charge in [0, 0.05) is 35.7 Å². The number of fused-ring (bicyclic) bond motifs is 1. The second-order valence-electron chi connectivity index (χ2n) is 11.0. The Morgan fingerprint density at radius 3 is 2.62 bits per heavy atom. The van der Waals surface area contributed by atoms with Crippen LogP contribution in [0.4, 0.5) is 10.2 Å². The lowest BCUT2D eigenvalue weighted by Crippen LogP contribution is -2.38. The van der Waals surface area contributed by atoms with Crippen molar-refractivity contribution in [3.05, 3.63) is 35.0 Å². The van der Waals surface area contributed by atoms with Crippen molar-refractivity contribution in [1.29, 1.82) is 0 Å². The van der Waals surface area contributed by atoms with E-state index in [1.54, 1.807) is 6.20 Å². The van der Waals surface area contributed by atoms with Crippen molar-refractivity contribution in [2.24, 2.45) is 5.92 Å². The van der Waals surface area contributed by atoms with Gasteiger partial charge in [-0.05, 0) is 93.9 Å². The lowest BCUT2D eigenvalue weighted by Gasteiger charge is -2.35. The van der Waals surface area contributed by atoms with E-state index in [9.17, 15) is 9.18 Å². The lowest BCUT2D eigenvalue weighted by atomic mass is 9.81. The highest BCUT2D eigenvalue weighted by Crippen LogP contribution is 2.40. The smallest absolute Gasteiger partial charge is 0.230 e. The molecule has 3 fully saturated rings. The number of nitrogens with one attached hydrogen (secondary N) is 1. The molecule has 1 N–H and O–H groups in total. The molecule has 1 unspecified atom stereocenters. The Hall–Kier alpha value is -1.76. The van der Waals surface area contributed by atoms with Crippen molar-refractivity contribution in [3.8, 4) is 0 Å². The highest BCUT2D eigenvalue weighted by Gasteiger charge is 2.33. The topological polar surface area (TPSA) is 54.5 Å². The standard InChI is InChI=1S/C27H35ClFN3O2/c1-27(2)9-7-18(16-34-27)26(33)31-25-13-19-11-23(24(28)12-20(19)14-30-25)17-3-5-22(6-4-17)32-10-8-21(29)15-32/h11-14,17-18,21-22H,3-10,15-16H2,1-2H3,(H,30,31,33)/t17-,18?,21-,22+/m0/s1. The lowest BCUT2D eigenvalue weighted by molar-refractivity contribution is -0.131. The summed E-state index contributed by atoms with van der Waals surface area (Å²) in [5.41, 5.74) is 1.01. The van der Waals surface area contributed by atoms with Crippen molar-refractivity contribution in [2.75, 3.05) is 25.0 Å². The van der Waals surface area contributed by atoms with E-state index in [0.29, 0.717) is 37.4 Å². The van der Waals surface area contributed by atoms with Crippen molar-refractivity contribution in [3.63, 3.8) is 0 Å². The summed E-state index contributed by atoms with van der Waals surface area (Å²) >= 11 is 6.70. The number of pyridine rings is 1. The number of hydrogen-bond donors (Lipinski definition) is 1. The molecule has 2 aliphatic heterocycles. The predicted molar refractivity (Wildman–Crippen MR) is 134 cm³/mol. The van der Waals surface area contributed by atoms with E-state index in [2.05, 4.69) is 35.1 Å². The maximum atomic E-state index is 13.6. The zero-order valence-corrected chi connectivity index (χ0v) is 20.9. The quantitative estimate of drug-likeness (QED) is 0.566. The molecule has 34 heavy (non-hydrogen) atoms. The molecule has 7 heteroatoms. The molecule has 1 aliphatic carbocycles. The number of carbonyl (C=O) groups is 1. The molecule has 5 rings (SSSR count). The van der Waals surface area contributed by atoms with Crippen LogP contribution in [-0.4, -0.2) is 53.3 Å². The summed E-state index contributed by atoms with van der Waals surface area (Å²) in [4.78, 5) is 19.5. The molecule has 3 heterocycles. The normalized spacial score (nSPS) is 29.9. The van der Waals surface area contributed by atoms with E-state index in [-0.39, 0.29) is 17.4 Å². The van der Waals surface area contributed by atoms with Gasteiger partial charge in [0.1, 0.15) is 12.0 Å². The first-order valence-electron chi connectivity index (χ1n) is 12.7. The summed E-state index contributed by atoms with van der Waals surface area (Å²) in [7, 11) is 0. The fourth-order valence-electron chi connectivity index (χ4n) is 5.83. The van der Waals surface area contributed by atoms with Gasteiger partial charge in [0.2, 0.25) is 5.91 Å². The summed E-state index contributed by atoms with van der Waals surface area (Å²) in [5.74, 6) is 0.789. The molecule has 184 valence electrons. The van der Waals surface area contributed by atoms with Gasteiger partial charge >= 0.3 is 0 Å². The van der Waals surface area contributed by atoms with Gasteiger partial charge < -0.3 is 10.1 Å². The van der Waals surface area contributed by atoms with Crippen molar-refractivity contribution in [2.45, 2.75) is 82.5 Å². The first-order valence-corrected chi connectivity index (χ1v) is 13.1. The van der Waals surface area contributed by atoms with E-state index in [0.717, 1.165) is 60.9 Å². The molecule has 0 bridgehead atoms. The molecule has 2 aromatic rings. The zero-order valence-electron chi connectivity index (χ0n) is 20.2. The third kappa shape index (κ3) is 5.24. The third-order valence-electron chi connectivity index (χ3n) is 8.04. The molecule has 0 spiro atoms. The van der Waals surface area contributed by atoms with Crippen molar-refractivity contribution >= 4 is 34.1 Å². The van der Waals surface area contributed by atoms with Crippen LogP contribution in [0, 0.1) is 5.92 Å². The molecule has 1 amide bonds. The number of hydrogen-bond acceptors (Lipinski definition) is 4. The summed E-state index contributed by atoms with van der Waals surface area (Å²) in [6.45, 7) is 6.05. The summed E-state index contributed by atoms with van der Waals surface area (Å²) < 4.78 is 19.5. The highest BCUT2D eigenvalue weighted by molar-refractivity contribution is 6.32. The van der Waals surface area contributed by atoms with Crippen LogP contribution < -0.4 is 5.32 Å². The van der Waals surface area contributed by atoms with Gasteiger partial charge in [-0.2, -0.15) is 0 Å². The van der Waals surface area contributed by atoms with Crippen LogP contribution in [0.3, 0.4) is 0 Å². The molecule has 5 nitrogen and oxygen atoms in total. The molecule has 2 atom stereocenters. The predicted octanol–water partition coefficient (Wildman–Crippen LogP) is 6.10. The maximum absolute atomic E-state index is 13.6. The van der Waals surface area contributed by atoms with Gasteiger partial charge in [-0.25, -0.2) is 9.37 Å². The number of amides is 1. The number of likely N-dealkylation sites (tertiary alicyclic amines) is 1. The van der Waals surface area contributed by atoms with E-state index in [1.807, 2.05) is 12.1 Å². The Morgan fingerprint density at radius 2 is 1.94 bits per heavy atom. The van der Waals surface area contributed by atoms with Gasteiger partial charge in [0.25, 0.3) is 0 Å². The molecule has 0 radical (unpaired) electrons. The van der Waals surface area contributed by atoms with E-state index >= 15 is 0 Å². The molecular formula is C27H35ClFN3O2. The van der Waals surface area contributed by atoms with Gasteiger partial charge in [0.05, 0.1) is 18.1 Å². The number of rotatable bonds is 4. The van der Waals surface area contributed by atoms with Crippen LogP contribution in [0.2, 0.25) is 5.02 Å². The third-order valence-corrected chi connectivity index (χ3v) is 8.37. The number of alkyl halides is 1. The van der Waals surface area contributed by atoms with Gasteiger partial charge in [-0.3, -0.25) is 9.69 Å². The Kier molecular flexibility index (Phi) is 6.84. The number of anilines is 1. The molecular weight excluding hydrogens is 453 g/mol. The van der Waals surface area contributed by atoms with Gasteiger partial charge in [-0.1, -0.05) is 11.6 Å². The van der Waals surface area contributed by atoms with Crippen molar-refractivity contribution in [1.82, 2.24) is 9.88 Å². The van der Waals surface area contributed by atoms with Crippen LogP contribution >= 0.6 is 11.6 Å². The highest BCUT2D eigenvalue weighted by atomic mass is 35.5. The SMILES string of the molecule is CC1(C)CCC(C(=O)Nc2cc3cc([C@H]4CC[C@@H](N5CC[C@H](F)C5)CC4)c(Cl)cc3cn2)CO1. The molecule has 2 saturated heterocycles. The number of nitrogens with zero attached hydrogens (tertiary/aromatic N) is 2. The summed E-state index contributed by atoms with van der Waals surface area (Å²) in [6.07, 6.45) is 7.78. The minimum atomic E-state index is -0.659. The number of halogens is 2. The second-order valence-corrected chi connectivity index (χ2v) is 11.4. The average molecular weight is 488 g/mol. The Bertz CT molecular complexity index is 1040. The molecule has 1 aromatic carbocycles. The zero-order chi connectivity index (χ0) is 23.9. The summed E-state index contributed by atoms with van der Waals surface area (Å²) in [6, 6.07) is 6.59. The first kappa shape index (κ1) is 24.0. The van der Waals surface area contributed by atoms with E-state index < -0.39 is 6.17 Å². The van der Waals surface area contributed by atoms with E-state index in [4.69, 9.17) is 16.3 Å². The van der Waals surface area contributed by atoms with E-state index in [1.165, 1.54) is 5.56 Å². The van der Waals surface area contributed by atoms with Crippen LogP contribution in [-0.2, 0) is 9.53 Å². The average Bonchev–Trinajstić information content (AvgIpc) is 3.25. The minimum Gasteiger partial charge on any atom is -0.375 e. The Morgan fingerprint density at radius 1 is 1.15 bits per heavy atom. The van der Waals surface area contributed by atoms with Crippen LogP contribution in [0.5, 0.6) is 0 Å². The minimum absolute atomic E-state index is 0.0349. The first-order chi connectivity index (χ1) is 16.3. The Labute approximate surface area is 206 Å². The second kappa shape index (κ2) is 9.71. The Balaban J connectivity index is 1.26.